The van der Waals surface area contributed by atoms with Gasteiger partial charge in [-0.05, 0) is 24.7 Å². The molecule has 0 amide bonds. The van der Waals surface area contributed by atoms with Crippen LogP contribution in [-0.2, 0) is 0 Å². The normalized spacial score (nSPS) is 15.6. The number of piperazine rings is 1. The fourth-order valence-corrected chi connectivity index (χ4v) is 2.36. The van der Waals surface area contributed by atoms with E-state index in [4.69, 9.17) is 12.2 Å². The van der Waals surface area contributed by atoms with Crippen LogP contribution in [0.2, 0.25) is 0 Å². The third-order valence-electron chi connectivity index (χ3n) is 3.13. The van der Waals surface area contributed by atoms with Crippen molar-refractivity contribution in [3.63, 3.8) is 0 Å². The van der Waals surface area contributed by atoms with Crippen LogP contribution in [0.4, 0.5) is 5.82 Å². The Balaban J connectivity index is 1.83. The first kappa shape index (κ1) is 13.1. The van der Waals surface area contributed by atoms with E-state index in [9.17, 15) is 0 Å². The maximum absolute atomic E-state index is 5.38. The first-order valence-corrected chi connectivity index (χ1v) is 6.96. The van der Waals surface area contributed by atoms with E-state index in [-0.39, 0.29) is 0 Å². The largest absolute Gasteiger partial charge is 0.363 e. The number of anilines is 1. The van der Waals surface area contributed by atoms with Gasteiger partial charge in [-0.25, -0.2) is 4.98 Å². The second kappa shape index (κ2) is 6.54. The van der Waals surface area contributed by atoms with Gasteiger partial charge in [0.15, 0.2) is 5.11 Å². The van der Waals surface area contributed by atoms with Gasteiger partial charge in [0.05, 0.1) is 19.3 Å². The van der Waals surface area contributed by atoms with Gasteiger partial charge < -0.3 is 10.2 Å². The molecule has 0 aliphatic carbocycles. The van der Waals surface area contributed by atoms with Gasteiger partial charge in [-0.15, -0.1) is 0 Å². The minimum absolute atomic E-state index is 0.897. The maximum atomic E-state index is 5.38. The zero-order valence-corrected chi connectivity index (χ0v) is 11.7. The van der Waals surface area contributed by atoms with Crippen molar-refractivity contribution in [3.05, 3.63) is 24.4 Å². The molecule has 2 rings (SSSR count). The molecule has 1 aromatic rings. The SMILES string of the molecule is CCCNC(=S)N1CCN(c2cccc[nH+]2)CC1. The number of aromatic amines is 1. The van der Waals surface area contributed by atoms with Gasteiger partial charge in [-0.3, -0.25) is 4.90 Å². The van der Waals surface area contributed by atoms with Gasteiger partial charge in [0.2, 0.25) is 0 Å². The number of aromatic nitrogens is 1. The number of nitrogens with zero attached hydrogens (tertiary/aromatic N) is 2. The zero-order chi connectivity index (χ0) is 12.8. The zero-order valence-electron chi connectivity index (χ0n) is 10.9. The number of nitrogens with one attached hydrogen (secondary N) is 2. The molecule has 4 nitrogen and oxygen atoms in total. The first-order valence-electron chi connectivity index (χ1n) is 6.55. The summed E-state index contributed by atoms with van der Waals surface area (Å²) in [5, 5.41) is 4.18. The van der Waals surface area contributed by atoms with E-state index >= 15 is 0 Å². The molecule has 0 atom stereocenters. The fraction of sp³-hybridized carbons (Fsp3) is 0.538. The standard InChI is InChI=1S/C13H20N4S/c1-2-6-15-13(18)17-10-8-16(9-11-17)12-5-3-4-7-14-12/h3-5,7H,2,6,8-11H2,1H3,(H,15,18)/p+1. The molecule has 2 heterocycles. The second-order valence-corrected chi connectivity index (χ2v) is 4.84. The average Bonchev–Trinajstić information content (AvgIpc) is 2.46. The molecule has 98 valence electrons. The van der Waals surface area contributed by atoms with Gasteiger partial charge in [0.25, 0.3) is 5.82 Å². The Morgan fingerprint density at radius 1 is 1.33 bits per heavy atom. The van der Waals surface area contributed by atoms with Crippen molar-refractivity contribution in [1.29, 1.82) is 0 Å². The summed E-state index contributed by atoms with van der Waals surface area (Å²) in [4.78, 5) is 7.89. The van der Waals surface area contributed by atoms with Crippen LogP contribution in [0, 0.1) is 0 Å². The summed E-state index contributed by atoms with van der Waals surface area (Å²) < 4.78 is 0. The monoisotopic (exact) mass is 265 g/mol. The molecule has 2 N–H and O–H groups in total. The fourth-order valence-electron chi connectivity index (χ4n) is 2.07. The molecule has 1 aromatic heterocycles. The van der Waals surface area contributed by atoms with Gasteiger partial charge in [0.1, 0.15) is 13.1 Å². The Kier molecular flexibility index (Phi) is 4.75. The van der Waals surface area contributed by atoms with E-state index in [0.29, 0.717) is 0 Å². The molecule has 0 aromatic carbocycles. The van der Waals surface area contributed by atoms with E-state index in [1.165, 1.54) is 5.82 Å². The molecule has 1 saturated heterocycles. The van der Waals surface area contributed by atoms with Gasteiger partial charge in [-0.1, -0.05) is 13.0 Å². The molecular weight excluding hydrogens is 244 g/mol. The smallest absolute Gasteiger partial charge is 0.274 e. The minimum atomic E-state index is 0.897. The highest BCUT2D eigenvalue weighted by Crippen LogP contribution is 2.09. The van der Waals surface area contributed by atoms with E-state index in [1.807, 2.05) is 12.3 Å². The van der Waals surface area contributed by atoms with E-state index in [2.05, 4.69) is 39.2 Å². The summed E-state index contributed by atoms with van der Waals surface area (Å²) >= 11 is 5.38. The summed E-state index contributed by atoms with van der Waals surface area (Å²) in [5.74, 6) is 1.18. The van der Waals surface area contributed by atoms with Gasteiger partial charge in [-0.2, -0.15) is 0 Å². The second-order valence-electron chi connectivity index (χ2n) is 4.45. The highest BCUT2D eigenvalue weighted by atomic mass is 32.1. The topological polar surface area (TPSA) is 32.6 Å². The predicted molar refractivity (Wildman–Crippen MR) is 77.7 cm³/mol. The molecule has 0 unspecified atom stereocenters. The molecule has 1 aliphatic heterocycles. The van der Waals surface area contributed by atoms with Crippen LogP contribution in [0.1, 0.15) is 13.3 Å². The van der Waals surface area contributed by atoms with Crippen molar-refractivity contribution >= 4 is 23.1 Å². The Hall–Kier alpha value is -1.36. The van der Waals surface area contributed by atoms with Crippen LogP contribution >= 0.6 is 12.2 Å². The van der Waals surface area contributed by atoms with Crippen molar-refractivity contribution in [1.82, 2.24) is 10.2 Å². The van der Waals surface area contributed by atoms with Crippen molar-refractivity contribution in [2.45, 2.75) is 13.3 Å². The molecule has 0 saturated carbocycles. The average molecular weight is 265 g/mol. The maximum Gasteiger partial charge on any atom is 0.274 e. The number of hydrogen-bond acceptors (Lipinski definition) is 2. The quantitative estimate of drug-likeness (QED) is 0.824. The van der Waals surface area contributed by atoms with Crippen molar-refractivity contribution in [2.24, 2.45) is 0 Å². The molecule has 0 radical (unpaired) electrons. The molecule has 0 spiro atoms. The minimum Gasteiger partial charge on any atom is -0.363 e. The van der Waals surface area contributed by atoms with E-state index < -0.39 is 0 Å². The molecule has 1 fully saturated rings. The Morgan fingerprint density at radius 2 is 2.11 bits per heavy atom. The summed E-state index contributed by atoms with van der Waals surface area (Å²) in [7, 11) is 0. The highest BCUT2D eigenvalue weighted by Gasteiger charge is 2.23. The molecule has 0 bridgehead atoms. The third-order valence-corrected chi connectivity index (χ3v) is 3.53. The Morgan fingerprint density at radius 3 is 2.72 bits per heavy atom. The Bertz CT molecular complexity index is 374. The van der Waals surface area contributed by atoms with Gasteiger partial charge >= 0.3 is 0 Å². The summed E-state index contributed by atoms with van der Waals surface area (Å²) in [6.45, 7) is 7.10. The number of thiocarbonyl (C=S) groups is 1. The van der Waals surface area contributed by atoms with Crippen LogP contribution < -0.4 is 15.2 Å². The lowest BCUT2D eigenvalue weighted by Gasteiger charge is -2.32. The van der Waals surface area contributed by atoms with Crippen molar-refractivity contribution in [2.75, 3.05) is 37.6 Å². The van der Waals surface area contributed by atoms with E-state index in [0.717, 1.165) is 44.3 Å². The lowest BCUT2D eigenvalue weighted by molar-refractivity contribution is -0.364. The summed E-state index contributed by atoms with van der Waals surface area (Å²) in [5.41, 5.74) is 0. The highest BCUT2D eigenvalue weighted by molar-refractivity contribution is 7.80. The summed E-state index contributed by atoms with van der Waals surface area (Å²) in [6, 6.07) is 6.18. The van der Waals surface area contributed by atoms with Crippen LogP contribution in [0.3, 0.4) is 0 Å². The molecule has 18 heavy (non-hydrogen) atoms. The van der Waals surface area contributed by atoms with Crippen LogP contribution in [0.15, 0.2) is 24.4 Å². The van der Waals surface area contributed by atoms with Crippen LogP contribution in [-0.4, -0.2) is 42.7 Å². The van der Waals surface area contributed by atoms with Gasteiger partial charge in [0, 0.05) is 12.6 Å². The number of rotatable bonds is 3. The summed E-state index contributed by atoms with van der Waals surface area (Å²) in [6.07, 6.45) is 3.08. The van der Waals surface area contributed by atoms with Crippen molar-refractivity contribution in [3.8, 4) is 0 Å². The van der Waals surface area contributed by atoms with Crippen molar-refractivity contribution < 1.29 is 4.98 Å². The number of H-pyrrole nitrogens is 1. The van der Waals surface area contributed by atoms with Crippen LogP contribution in [0.5, 0.6) is 0 Å². The van der Waals surface area contributed by atoms with E-state index in [1.54, 1.807) is 0 Å². The molecular formula is C13H21N4S+. The molecule has 1 aliphatic rings. The first-order chi connectivity index (χ1) is 8.81. The third kappa shape index (κ3) is 3.32. The lowest BCUT2D eigenvalue weighted by Crippen LogP contribution is -2.52. The number of hydrogen-bond donors (Lipinski definition) is 1. The van der Waals surface area contributed by atoms with Crippen LogP contribution in [0.25, 0.3) is 0 Å². The lowest BCUT2D eigenvalue weighted by atomic mass is 10.3. The Labute approximate surface area is 114 Å². The molecule has 5 heteroatoms. The predicted octanol–water partition coefficient (Wildman–Crippen LogP) is 0.907. The number of pyridine rings is 1.